The summed E-state index contributed by atoms with van der Waals surface area (Å²) in [6, 6.07) is 9.39. The van der Waals surface area contributed by atoms with Gasteiger partial charge < -0.3 is 9.80 Å². The molecule has 1 saturated heterocycles. The van der Waals surface area contributed by atoms with Crippen LogP contribution in [0.5, 0.6) is 0 Å². The predicted octanol–water partition coefficient (Wildman–Crippen LogP) is 3.22. The molecule has 4 rings (SSSR count). The average molecular weight is 372 g/mol. The third kappa shape index (κ3) is 2.94. The molecule has 1 aliphatic heterocycles. The minimum absolute atomic E-state index is 0.0878. The molecule has 1 aromatic carbocycles. The van der Waals surface area contributed by atoms with Gasteiger partial charge >= 0.3 is 0 Å². The monoisotopic (exact) mass is 371 g/mol. The quantitative estimate of drug-likeness (QED) is 0.814. The van der Waals surface area contributed by atoms with Crippen molar-refractivity contribution in [3.63, 3.8) is 0 Å². The molecule has 0 N–H and O–H groups in total. The summed E-state index contributed by atoms with van der Waals surface area (Å²) in [5.41, 5.74) is 1.07. The van der Waals surface area contributed by atoms with Crippen molar-refractivity contribution < 1.29 is 9.59 Å². The molecule has 0 unspecified atom stereocenters. The summed E-state index contributed by atoms with van der Waals surface area (Å²) in [7, 11) is 3.71. The number of fused-ring (bicyclic) bond motifs is 2. The molecule has 0 bridgehead atoms. The third-order valence-electron chi connectivity index (χ3n) is 5.95. The van der Waals surface area contributed by atoms with Crippen LogP contribution in [0.3, 0.4) is 0 Å². The first kappa shape index (κ1) is 17.3. The number of halogens is 1. The Bertz CT molecular complexity index is 884. The second-order valence-electron chi connectivity index (χ2n) is 7.55. The number of likely N-dealkylation sites (tertiary alicyclic amines) is 1. The van der Waals surface area contributed by atoms with Crippen molar-refractivity contribution in [3.8, 4) is 0 Å². The minimum atomic E-state index is -0.0878. The number of amides is 2. The van der Waals surface area contributed by atoms with E-state index in [0.717, 1.165) is 24.8 Å². The van der Waals surface area contributed by atoms with Crippen LogP contribution < -0.4 is 0 Å². The number of hydrogen-bond acceptors (Lipinski definition) is 3. The first-order chi connectivity index (χ1) is 12.4. The molecule has 2 aromatic rings. The van der Waals surface area contributed by atoms with Crippen molar-refractivity contribution in [1.29, 1.82) is 0 Å². The summed E-state index contributed by atoms with van der Waals surface area (Å²) >= 11 is 6.23. The molecule has 6 heteroatoms. The summed E-state index contributed by atoms with van der Waals surface area (Å²) < 4.78 is 0. The van der Waals surface area contributed by atoms with Crippen LogP contribution in [0.1, 0.15) is 29.8 Å². The molecule has 1 aromatic heterocycles. The molecule has 2 heterocycles. The summed E-state index contributed by atoms with van der Waals surface area (Å²) in [6.45, 7) is 0.797. The van der Waals surface area contributed by atoms with Crippen molar-refractivity contribution in [2.75, 3.05) is 20.6 Å². The lowest BCUT2D eigenvalue weighted by molar-refractivity contribution is -0.134. The van der Waals surface area contributed by atoms with E-state index >= 15 is 0 Å². The van der Waals surface area contributed by atoms with Crippen LogP contribution in [0.4, 0.5) is 0 Å². The molecule has 2 aliphatic rings. The number of carbonyl (C=O) groups is 2. The third-order valence-corrected chi connectivity index (χ3v) is 6.25. The Morgan fingerprint density at radius 1 is 1.23 bits per heavy atom. The minimum Gasteiger partial charge on any atom is -0.345 e. The lowest BCUT2D eigenvalue weighted by Gasteiger charge is -2.31. The highest BCUT2D eigenvalue weighted by molar-refractivity contribution is 6.35. The molecule has 5 nitrogen and oxygen atoms in total. The van der Waals surface area contributed by atoms with E-state index in [0.29, 0.717) is 34.5 Å². The van der Waals surface area contributed by atoms with E-state index in [9.17, 15) is 9.59 Å². The van der Waals surface area contributed by atoms with Crippen LogP contribution >= 0.6 is 11.6 Å². The van der Waals surface area contributed by atoms with E-state index < -0.39 is 0 Å². The van der Waals surface area contributed by atoms with Crippen LogP contribution in [-0.4, -0.2) is 53.3 Å². The fraction of sp³-hybridized carbons (Fsp3) is 0.450. The molecule has 2 fully saturated rings. The Morgan fingerprint density at radius 2 is 2.00 bits per heavy atom. The maximum Gasteiger partial charge on any atom is 0.272 e. The van der Waals surface area contributed by atoms with Gasteiger partial charge in [0.05, 0.1) is 10.5 Å². The van der Waals surface area contributed by atoms with Crippen molar-refractivity contribution >= 4 is 34.3 Å². The van der Waals surface area contributed by atoms with Crippen LogP contribution in [-0.2, 0) is 4.79 Å². The largest absolute Gasteiger partial charge is 0.345 e. The standard InChI is InChI=1S/C20H22ClN3O2/c1-23-11-14-9-15(8-13(14)10-18(23)25)24(2)20(26)17-7-6-12-4-3-5-16(21)19(12)22-17/h3-7,13-15H,8-11H2,1-2H3/t13-,14+,15-/m1/s1. The van der Waals surface area contributed by atoms with Crippen molar-refractivity contribution in [3.05, 3.63) is 41.0 Å². The lowest BCUT2D eigenvalue weighted by Crippen LogP contribution is -2.40. The second kappa shape index (κ2) is 6.54. The molecule has 3 atom stereocenters. The predicted molar refractivity (Wildman–Crippen MR) is 101 cm³/mol. The molecule has 2 amide bonds. The number of rotatable bonds is 2. The Balaban J connectivity index is 1.53. The Hall–Kier alpha value is -2.14. The van der Waals surface area contributed by atoms with Gasteiger partial charge in [-0.1, -0.05) is 29.8 Å². The highest BCUT2D eigenvalue weighted by Gasteiger charge is 2.42. The maximum atomic E-state index is 13.0. The van der Waals surface area contributed by atoms with Gasteiger partial charge in [-0.15, -0.1) is 0 Å². The van der Waals surface area contributed by atoms with Crippen LogP contribution in [0.15, 0.2) is 30.3 Å². The number of carbonyl (C=O) groups excluding carboxylic acids is 2. The van der Waals surface area contributed by atoms with E-state index in [-0.39, 0.29) is 17.9 Å². The van der Waals surface area contributed by atoms with Gasteiger partial charge in [0.15, 0.2) is 0 Å². The number of benzene rings is 1. The summed E-state index contributed by atoms with van der Waals surface area (Å²) in [4.78, 5) is 33.0. The van der Waals surface area contributed by atoms with Gasteiger partial charge in [0.1, 0.15) is 5.69 Å². The zero-order valence-electron chi connectivity index (χ0n) is 15.0. The number of pyridine rings is 1. The Kier molecular flexibility index (Phi) is 4.35. The molecular weight excluding hydrogens is 350 g/mol. The molecular formula is C20H22ClN3O2. The molecule has 0 radical (unpaired) electrons. The van der Waals surface area contributed by atoms with Gasteiger partial charge in [0, 0.05) is 38.5 Å². The van der Waals surface area contributed by atoms with Gasteiger partial charge in [-0.25, -0.2) is 4.98 Å². The van der Waals surface area contributed by atoms with Crippen molar-refractivity contribution in [1.82, 2.24) is 14.8 Å². The second-order valence-corrected chi connectivity index (χ2v) is 7.96. The highest BCUT2D eigenvalue weighted by Crippen LogP contribution is 2.40. The average Bonchev–Trinajstić information content (AvgIpc) is 3.03. The van der Waals surface area contributed by atoms with Gasteiger partial charge in [-0.3, -0.25) is 9.59 Å². The smallest absolute Gasteiger partial charge is 0.272 e. The zero-order chi connectivity index (χ0) is 18.4. The van der Waals surface area contributed by atoms with Crippen LogP contribution in [0.2, 0.25) is 5.02 Å². The van der Waals surface area contributed by atoms with Gasteiger partial charge in [-0.2, -0.15) is 0 Å². The van der Waals surface area contributed by atoms with E-state index in [1.165, 1.54) is 0 Å². The zero-order valence-corrected chi connectivity index (χ0v) is 15.7. The van der Waals surface area contributed by atoms with Gasteiger partial charge in [-0.05, 0) is 36.8 Å². The summed E-state index contributed by atoms with van der Waals surface area (Å²) in [5, 5.41) is 1.47. The normalized spacial score (nSPS) is 25.4. The van der Waals surface area contributed by atoms with E-state index in [4.69, 9.17) is 11.6 Å². The Morgan fingerprint density at radius 3 is 2.81 bits per heavy atom. The van der Waals surface area contributed by atoms with Crippen molar-refractivity contribution in [2.24, 2.45) is 11.8 Å². The molecule has 136 valence electrons. The first-order valence-corrected chi connectivity index (χ1v) is 9.38. The van der Waals surface area contributed by atoms with Gasteiger partial charge in [0.25, 0.3) is 5.91 Å². The lowest BCUT2D eigenvalue weighted by atomic mass is 9.88. The number of aromatic nitrogens is 1. The number of nitrogens with zero attached hydrogens (tertiary/aromatic N) is 3. The van der Waals surface area contributed by atoms with Gasteiger partial charge in [0.2, 0.25) is 5.91 Å². The molecule has 1 aliphatic carbocycles. The van der Waals surface area contributed by atoms with E-state index in [1.807, 2.05) is 37.2 Å². The number of hydrogen-bond donors (Lipinski definition) is 0. The SMILES string of the molecule is CN1C[C@@H]2C[C@H](N(C)C(=O)c3ccc4cccc(Cl)c4n3)C[C@@H]2CC1=O. The topological polar surface area (TPSA) is 53.5 Å². The maximum absolute atomic E-state index is 13.0. The van der Waals surface area contributed by atoms with Crippen molar-refractivity contribution in [2.45, 2.75) is 25.3 Å². The van der Waals surface area contributed by atoms with Crippen LogP contribution in [0, 0.1) is 11.8 Å². The fourth-order valence-corrected chi connectivity index (χ4v) is 4.60. The summed E-state index contributed by atoms with van der Waals surface area (Å²) in [6.07, 6.45) is 2.43. The molecule has 0 spiro atoms. The Labute approximate surface area is 157 Å². The number of piperidine rings is 1. The van der Waals surface area contributed by atoms with E-state index in [1.54, 1.807) is 17.0 Å². The van der Waals surface area contributed by atoms with Crippen LogP contribution in [0.25, 0.3) is 10.9 Å². The molecule has 26 heavy (non-hydrogen) atoms. The summed E-state index contributed by atoms with van der Waals surface area (Å²) in [5.74, 6) is 0.997. The highest BCUT2D eigenvalue weighted by atomic mass is 35.5. The number of para-hydroxylation sites is 1. The van der Waals surface area contributed by atoms with E-state index in [2.05, 4.69) is 4.98 Å². The fourth-order valence-electron chi connectivity index (χ4n) is 4.38. The molecule has 1 saturated carbocycles. The first-order valence-electron chi connectivity index (χ1n) is 9.00.